The molecule has 0 unspecified atom stereocenters. The second kappa shape index (κ2) is 6.95. The van der Waals surface area contributed by atoms with Crippen molar-refractivity contribution in [1.82, 2.24) is 9.80 Å². The lowest BCUT2D eigenvalue weighted by atomic mass is 10.0. The molecule has 0 radical (unpaired) electrons. The Hall–Kier alpha value is -1.26. The quantitative estimate of drug-likeness (QED) is 0.800. The summed E-state index contributed by atoms with van der Waals surface area (Å²) in [6, 6.07) is 0. The van der Waals surface area contributed by atoms with E-state index < -0.39 is 5.60 Å². The lowest BCUT2D eigenvalue weighted by Gasteiger charge is -2.36. The summed E-state index contributed by atoms with van der Waals surface area (Å²) >= 11 is 0. The Morgan fingerprint density at radius 1 is 1.00 bits per heavy atom. The van der Waals surface area contributed by atoms with Crippen molar-refractivity contribution in [2.24, 2.45) is 5.92 Å². The summed E-state index contributed by atoms with van der Waals surface area (Å²) in [6.07, 6.45) is 1.47. The maximum Gasteiger partial charge on any atom is 0.410 e. The van der Waals surface area contributed by atoms with Crippen LogP contribution in [0.3, 0.4) is 0 Å². The topological polar surface area (TPSA) is 49.9 Å². The molecule has 2 amide bonds. The van der Waals surface area contributed by atoms with Gasteiger partial charge in [0.05, 0.1) is 0 Å². The van der Waals surface area contributed by atoms with Crippen LogP contribution in [0.2, 0.25) is 0 Å². The van der Waals surface area contributed by atoms with E-state index >= 15 is 0 Å². The smallest absolute Gasteiger partial charge is 0.410 e. The van der Waals surface area contributed by atoms with Gasteiger partial charge in [-0.05, 0) is 33.6 Å². The van der Waals surface area contributed by atoms with Crippen LogP contribution in [0.4, 0.5) is 4.79 Å². The number of nitrogens with zero attached hydrogens (tertiary/aromatic N) is 2. The number of carbonyl (C=O) groups is 2. The molecule has 5 heteroatoms. The first-order valence-electron chi connectivity index (χ1n) is 7.55. The third-order valence-corrected chi connectivity index (χ3v) is 3.58. The summed E-state index contributed by atoms with van der Waals surface area (Å²) in [5.41, 5.74) is -0.473. The van der Waals surface area contributed by atoms with E-state index in [4.69, 9.17) is 4.74 Å². The van der Waals surface area contributed by atoms with Crippen LogP contribution in [0, 0.1) is 5.92 Å². The van der Waals surface area contributed by atoms with E-state index in [0.717, 1.165) is 12.8 Å². The SMILES string of the molecule is CCC(CC)C(=O)N1CCN(C(=O)OC(C)(C)C)CC1. The molecule has 20 heavy (non-hydrogen) atoms. The highest BCUT2D eigenvalue weighted by Gasteiger charge is 2.29. The van der Waals surface area contributed by atoms with Gasteiger partial charge in [-0.3, -0.25) is 4.79 Å². The van der Waals surface area contributed by atoms with Crippen molar-refractivity contribution in [3.8, 4) is 0 Å². The fourth-order valence-corrected chi connectivity index (χ4v) is 2.33. The van der Waals surface area contributed by atoms with E-state index in [-0.39, 0.29) is 17.9 Å². The second-order valence-electron chi connectivity index (χ2n) is 6.31. The highest BCUT2D eigenvalue weighted by molar-refractivity contribution is 5.79. The van der Waals surface area contributed by atoms with Gasteiger partial charge in [0.25, 0.3) is 0 Å². The molecule has 0 N–H and O–H groups in total. The largest absolute Gasteiger partial charge is 0.444 e. The standard InChI is InChI=1S/C15H28N2O3/c1-6-12(7-2)13(18)16-8-10-17(11-9-16)14(19)20-15(3,4)5/h12H,6-11H2,1-5H3. The highest BCUT2D eigenvalue weighted by Crippen LogP contribution is 2.15. The molecule has 0 atom stereocenters. The average molecular weight is 284 g/mol. The number of hydrogen-bond donors (Lipinski definition) is 0. The number of carbonyl (C=O) groups excluding carboxylic acids is 2. The van der Waals surface area contributed by atoms with Gasteiger partial charge in [-0.2, -0.15) is 0 Å². The molecule has 1 rings (SSSR count). The van der Waals surface area contributed by atoms with Crippen molar-refractivity contribution in [1.29, 1.82) is 0 Å². The zero-order valence-electron chi connectivity index (χ0n) is 13.4. The van der Waals surface area contributed by atoms with Gasteiger partial charge in [-0.1, -0.05) is 13.8 Å². The van der Waals surface area contributed by atoms with Crippen LogP contribution >= 0.6 is 0 Å². The van der Waals surface area contributed by atoms with E-state index in [9.17, 15) is 9.59 Å². The van der Waals surface area contributed by atoms with Crippen LogP contribution in [0.1, 0.15) is 47.5 Å². The molecule has 0 aromatic carbocycles. The Bertz CT molecular complexity index is 338. The molecule has 5 nitrogen and oxygen atoms in total. The number of rotatable bonds is 3. The summed E-state index contributed by atoms with van der Waals surface area (Å²) in [4.78, 5) is 27.7. The molecule has 0 spiro atoms. The lowest BCUT2D eigenvalue weighted by Crippen LogP contribution is -2.52. The summed E-state index contributed by atoms with van der Waals surface area (Å²) in [7, 11) is 0. The van der Waals surface area contributed by atoms with Crippen molar-refractivity contribution < 1.29 is 14.3 Å². The first kappa shape index (κ1) is 16.8. The van der Waals surface area contributed by atoms with Crippen LogP contribution in [0.5, 0.6) is 0 Å². The maximum absolute atomic E-state index is 12.3. The van der Waals surface area contributed by atoms with Gasteiger partial charge >= 0.3 is 6.09 Å². The van der Waals surface area contributed by atoms with E-state index in [1.54, 1.807) is 4.90 Å². The van der Waals surface area contributed by atoms with Gasteiger partial charge in [-0.15, -0.1) is 0 Å². The maximum atomic E-state index is 12.3. The molecule has 1 aliphatic heterocycles. The number of ether oxygens (including phenoxy) is 1. The predicted octanol–water partition coefficient (Wildman–Crippen LogP) is 2.50. The summed E-state index contributed by atoms with van der Waals surface area (Å²) in [5.74, 6) is 0.335. The third-order valence-electron chi connectivity index (χ3n) is 3.58. The van der Waals surface area contributed by atoms with Gasteiger partial charge in [0.2, 0.25) is 5.91 Å². The zero-order valence-corrected chi connectivity index (χ0v) is 13.4. The molecule has 116 valence electrons. The third kappa shape index (κ3) is 4.69. The van der Waals surface area contributed by atoms with Gasteiger partial charge in [0, 0.05) is 32.1 Å². The van der Waals surface area contributed by atoms with Crippen LogP contribution < -0.4 is 0 Å². The summed E-state index contributed by atoms with van der Waals surface area (Å²) in [6.45, 7) is 12.0. The normalized spacial score (nSPS) is 16.5. The van der Waals surface area contributed by atoms with E-state index in [1.807, 2.05) is 39.5 Å². The fraction of sp³-hybridized carbons (Fsp3) is 0.867. The Labute approximate surface area is 122 Å². The predicted molar refractivity (Wildman–Crippen MR) is 78.5 cm³/mol. The van der Waals surface area contributed by atoms with E-state index in [2.05, 4.69) is 0 Å². The minimum Gasteiger partial charge on any atom is -0.444 e. The monoisotopic (exact) mass is 284 g/mol. The number of hydrogen-bond acceptors (Lipinski definition) is 3. The van der Waals surface area contributed by atoms with E-state index in [0.29, 0.717) is 26.2 Å². The minimum absolute atomic E-state index is 0.114. The van der Waals surface area contributed by atoms with Crippen molar-refractivity contribution in [2.75, 3.05) is 26.2 Å². The van der Waals surface area contributed by atoms with Gasteiger partial charge in [-0.25, -0.2) is 4.79 Å². The van der Waals surface area contributed by atoms with Gasteiger partial charge < -0.3 is 14.5 Å². The second-order valence-corrected chi connectivity index (χ2v) is 6.31. The van der Waals surface area contributed by atoms with Gasteiger partial charge in [0.1, 0.15) is 5.60 Å². The van der Waals surface area contributed by atoms with Crippen molar-refractivity contribution >= 4 is 12.0 Å². The minimum atomic E-state index is -0.473. The van der Waals surface area contributed by atoms with E-state index in [1.165, 1.54) is 0 Å². The highest BCUT2D eigenvalue weighted by atomic mass is 16.6. The van der Waals surface area contributed by atoms with Crippen LogP contribution in [0.25, 0.3) is 0 Å². The molecule has 0 aromatic rings. The summed E-state index contributed by atoms with van der Waals surface area (Å²) < 4.78 is 5.35. The molecule has 1 saturated heterocycles. The lowest BCUT2D eigenvalue weighted by molar-refractivity contribution is -0.137. The first-order chi connectivity index (χ1) is 9.28. The molecule has 0 saturated carbocycles. The Morgan fingerprint density at radius 2 is 1.45 bits per heavy atom. The zero-order chi connectivity index (χ0) is 15.3. The van der Waals surface area contributed by atoms with Gasteiger partial charge in [0.15, 0.2) is 0 Å². The molecule has 0 aliphatic carbocycles. The van der Waals surface area contributed by atoms with Crippen molar-refractivity contribution in [2.45, 2.75) is 53.1 Å². The number of amides is 2. The molecule has 1 aliphatic rings. The van der Waals surface area contributed by atoms with Crippen molar-refractivity contribution in [3.05, 3.63) is 0 Å². The molecule has 1 fully saturated rings. The molecule has 0 aromatic heterocycles. The number of piperazine rings is 1. The Morgan fingerprint density at radius 3 is 1.85 bits per heavy atom. The molecular formula is C15H28N2O3. The molecule has 0 bridgehead atoms. The molecular weight excluding hydrogens is 256 g/mol. The first-order valence-corrected chi connectivity index (χ1v) is 7.55. The molecule has 1 heterocycles. The van der Waals surface area contributed by atoms with Crippen molar-refractivity contribution in [3.63, 3.8) is 0 Å². The fourth-order valence-electron chi connectivity index (χ4n) is 2.33. The Kier molecular flexibility index (Phi) is 5.84. The average Bonchev–Trinajstić information content (AvgIpc) is 2.38. The van der Waals surface area contributed by atoms with Crippen LogP contribution in [0.15, 0.2) is 0 Å². The van der Waals surface area contributed by atoms with Crippen LogP contribution in [-0.4, -0.2) is 53.6 Å². The Balaban J connectivity index is 2.47. The van der Waals surface area contributed by atoms with Crippen LogP contribution in [-0.2, 0) is 9.53 Å². The summed E-state index contributed by atoms with van der Waals surface area (Å²) in [5, 5.41) is 0.